The smallest absolute Gasteiger partial charge is 0.410 e. The molecule has 2 amide bonds. The molecule has 0 aromatic heterocycles. The average Bonchev–Trinajstić information content (AvgIpc) is 3.29. The van der Waals surface area contributed by atoms with Crippen LogP contribution in [0.3, 0.4) is 0 Å². The lowest BCUT2D eigenvalue weighted by molar-refractivity contribution is -0.110. The van der Waals surface area contributed by atoms with Gasteiger partial charge in [-0.25, -0.2) is 4.79 Å². The summed E-state index contributed by atoms with van der Waals surface area (Å²) in [5.41, 5.74) is 2.76. The highest BCUT2D eigenvalue weighted by Gasteiger charge is 2.33. The lowest BCUT2D eigenvalue weighted by Crippen LogP contribution is -2.38. The van der Waals surface area contributed by atoms with Crippen LogP contribution >= 0.6 is 15.9 Å². The molecule has 1 unspecified atom stereocenters. The van der Waals surface area contributed by atoms with Gasteiger partial charge in [-0.15, -0.1) is 0 Å². The molecule has 32 heavy (non-hydrogen) atoms. The number of aromatic hydroxyl groups is 1. The summed E-state index contributed by atoms with van der Waals surface area (Å²) in [6.07, 6.45) is 0.364. The second kappa shape index (κ2) is 8.50. The minimum Gasteiger partial charge on any atom is -0.508 e. The van der Waals surface area contributed by atoms with Crippen LogP contribution in [0.5, 0.6) is 5.75 Å². The van der Waals surface area contributed by atoms with E-state index in [0.29, 0.717) is 36.3 Å². The summed E-state index contributed by atoms with van der Waals surface area (Å²) >= 11 is 3.49. The molecule has 3 N–H and O–H groups in total. The van der Waals surface area contributed by atoms with Gasteiger partial charge in [-0.3, -0.25) is 4.79 Å². The van der Waals surface area contributed by atoms with E-state index in [9.17, 15) is 14.7 Å². The Morgan fingerprint density at radius 1 is 1.25 bits per heavy atom. The number of amides is 2. The molecule has 168 valence electrons. The van der Waals surface area contributed by atoms with Crippen molar-refractivity contribution in [3.05, 3.63) is 58.1 Å². The SMILES string of the molecule is CC(C)(C)OC(=O)N1CCC(N/C(=C2\C(=O)Nc3ccc(Br)cc32)c2cccc(O)c2)C1. The Morgan fingerprint density at radius 3 is 2.75 bits per heavy atom. The van der Waals surface area contributed by atoms with E-state index in [4.69, 9.17) is 4.74 Å². The molecule has 4 rings (SSSR count). The van der Waals surface area contributed by atoms with Crippen molar-refractivity contribution >= 4 is 44.9 Å². The lowest BCUT2D eigenvalue weighted by atomic mass is 9.99. The van der Waals surface area contributed by atoms with E-state index in [-0.39, 0.29) is 23.8 Å². The van der Waals surface area contributed by atoms with Gasteiger partial charge in [0.25, 0.3) is 5.91 Å². The number of phenolic OH excluding ortho intramolecular Hbond substituents is 1. The molecule has 0 radical (unpaired) electrons. The molecule has 2 aromatic rings. The van der Waals surface area contributed by atoms with Crippen LogP contribution < -0.4 is 10.6 Å². The van der Waals surface area contributed by atoms with Crippen molar-refractivity contribution in [1.82, 2.24) is 10.2 Å². The summed E-state index contributed by atoms with van der Waals surface area (Å²) in [4.78, 5) is 27.1. The highest BCUT2D eigenvalue weighted by atomic mass is 79.9. The van der Waals surface area contributed by atoms with Crippen LogP contribution in [-0.2, 0) is 9.53 Å². The zero-order chi connectivity index (χ0) is 23.0. The number of fused-ring (bicyclic) bond motifs is 1. The highest BCUT2D eigenvalue weighted by molar-refractivity contribution is 9.10. The average molecular weight is 500 g/mol. The summed E-state index contributed by atoms with van der Waals surface area (Å²) < 4.78 is 6.36. The molecule has 8 heteroatoms. The third-order valence-corrected chi connectivity index (χ3v) is 5.79. The predicted molar refractivity (Wildman–Crippen MR) is 127 cm³/mol. The van der Waals surface area contributed by atoms with Gasteiger partial charge in [0.2, 0.25) is 0 Å². The molecule has 2 aliphatic heterocycles. The molecule has 0 bridgehead atoms. The summed E-state index contributed by atoms with van der Waals surface area (Å²) in [7, 11) is 0. The Kier molecular flexibility index (Phi) is 5.90. The second-order valence-electron chi connectivity index (χ2n) is 9.00. The van der Waals surface area contributed by atoms with Gasteiger partial charge in [-0.2, -0.15) is 0 Å². The van der Waals surface area contributed by atoms with Crippen LogP contribution in [0.25, 0.3) is 11.3 Å². The molecule has 1 atom stereocenters. The molecule has 2 heterocycles. The van der Waals surface area contributed by atoms with Gasteiger partial charge in [0.05, 0.1) is 11.3 Å². The molecular formula is C24H26BrN3O4. The minimum absolute atomic E-state index is 0.0728. The Morgan fingerprint density at radius 2 is 2.03 bits per heavy atom. The number of rotatable bonds is 3. The molecule has 0 aliphatic carbocycles. The predicted octanol–water partition coefficient (Wildman–Crippen LogP) is 4.57. The number of halogens is 1. The van der Waals surface area contributed by atoms with E-state index in [1.165, 1.54) is 0 Å². The third-order valence-electron chi connectivity index (χ3n) is 5.30. The highest BCUT2D eigenvalue weighted by Crippen LogP contribution is 2.38. The maximum atomic E-state index is 13.0. The van der Waals surface area contributed by atoms with Crippen LogP contribution in [0, 0.1) is 0 Å². The number of hydrogen-bond acceptors (Lipinski definition) is 5. The first kappa shape index (κ1) is 22.2. The fraction of sp³-hybridized carbons (Fsp3) is 0.333. The second-order valence-corrected chi connectivity index (χ2v) is 9.92. The zero-order valence-corrected chi connectivity index (χ0v) is 19.8. The number of nitrogens with one attached hydrogen (secondary N) is 2. The van der Waals surface area contributed by atoms with Crippen molar-refractivity contribution in [3.63, 3.8) is 0 Å². The largest absolute Gasteiger partial charge is 0.508 e. The monoisotopic (exact) mass is 499 g/mol. The van der Waals surface area contributed by atoms with Crippen molar-refractivity contribution in [3.8, 4) is 5.75 Å². The van der Waals surface area contributed by atoms with E-state index in [1.807, 2.05) is 45.0 Å². The number of phenols is 1. The van der Waals surface area contributed by atoms with Gasteiger partial charge >= 0.3 is 6.09 Å². The maximum absolute atomic E-state index is 13.0. The zero-order valence-electron chi connectivity index (χ0n) is 18.2. The van der Waals surface area contributed by atoms with Gasteiger partial charge in [-0.05, 0) is 57.5 Å². The van der Waals surface area contributed by atoms with Crippen LogP contribution in [0.1, 0.15) is 38.3 Å². The van der Waals surface area contributed by atoms with Crippen LogP contribution in [0.15, 0.2) is 46.9 Å². The van der Waals surface area contributed by atoms with E-state index < -0.39 is 5.60 Å². The fourth-order valence-corrected chi connectivity index (χ4v) is 4.28. The Bertz CT molecular complexity index is 1110. The Hall–Kier alpha value is -3.00. The summed E-state index contributed by atoms with van der Waals surface area (Å²) in [6.45, 7) is 6.54. The van der Waals surface area contributed by atoms with E-state index in [0.717, 1.165) is 15.7 Å². The molecule has 1 fully saturated rings. The van der Waals surface area contributed by atoms with Gasteiger partial charge in [0, 0.05) is 40.4 Å². The summed E-state index contributed by atoms with van der Waals surface area (Å²) in [5.74, 6) is -0.108. The summed E-state index contributed by atoms with van der Waals surface area (Å²) in [6, 6.07) is 12.3. The van der Waals surface area contributed by atoms with Crippen molar-refractivity contribution in [2.45, 2.75) is 38.8 Å². The lowest BCUT2D eigenvalue weighted by Gasteiger charge is -2.25. The van der Waals surface area contributed by atoms with Gasteiger partial charge in [0.15, 0.2) is 0 Å². The van der Waals surface area contributed by atoms with Gasteiger partial charge in [0.1, 0.15) is 11.4 Å². The molecule has 1 saturated heterocycles. The van der Waals surface area contributed by atoms with Crippen molar-refractivity contribution in [2.75, 3.05) is 18.4 Å². The number of anilines is 1. The Balaban J connectivity index is 1.68. The fourth-order valence-electron chi connectivity index (χ4n) is 3.92. The number of benzene rings is 2. The van der Waals surface area contributed by atoms with Crippen molar-refractivity contribution < 1.29 is 19.4 Å². The molecule has 0 spiro atoms. The number of carbonyl (C=O) groups excluding carboxylic acids is 2. The number of hydrogen-bond donors (Lipinski definition) is 3. The molecule has 2 aromatic carbocycles. The standard InChI is InChI=1S/C24H26BrN3O4/c1-24(2,3)32-23(31)28-10-9-16(13-28)26-21(14-5-4-6-17(29)11-14)20-18-12-15(25)7-8-19(18)27-22(20)30/h4-8,11-12,16,26,29H,9-10,13H2,1-3H3,(H,27,30)/b21-20-. The minimum atomic E-state index is -0.559. The number of likely N-dealkylation sites (tertiary alicyclic amines) is 1. The quantitative estimate of drug-likeness (QED) is 0.537. The number of nitrogens with zero attached hydrogens (tertiary/aromatic N) is 1. The first-order chi connectivity index (χ1) is 15.1. The molecule has 0 saturated carbocycles. The Labute approximate surface area is 195 Å². The third kappa shape index (κ3) is 4.75. The topological polar surface area (TPSA) is 90.9 Å². The van der Waals surface area contributed by atoms with Crippen LogP contribution in [0.2, 0.25) is 0 Å². The van der Waals surface area contributed by atoms with Crippen LogP contribution in [-0.4, -0.2) is 46.7 Å². The molecule has 7 nitrogen and oxygen atoms in total. The molecular weight excluding hydrogens is 474 g/mol. The first-order valence-electron chi connectivity index (χ1n) is 10.5. The van der Waals surface area contributed by atoms with Crippen molar-refractivity contribution in [2.24, 2.45) is 0 Å². The van der Waals surface area contributed by atoms with Crippen LogP contribution in [0.4, 0.5) is 10.5 Å². The normalized spacial score (nSPS) is 19.4. The van der Waals surface area contributed by atoms with E-state index in [1.54, 1.807) is 23.1 Å². The van der Waals surface area contributed by atoms with E-state index in [2.05, 4.69) is 26.6 Å². The van der Waals surface area contributed by atoms with E-state index >= 15 is 0 Å². The van der Waals surface area contributed by atoms with Gasteiger partial charge in [-0.1, -0.05) is 28.1 Å². The molecule has 2 aliphatic rings. The summed E-state index contributed by atoms with van der Waals surface area (Å²) in [5, 5.41) is 16.5. The maximum Gasteiger partial charge on any atom is 0.410 e. The first-order valence-corrected chi connectivity index (χ1v) is 11.3. The van der Waals surface area contributed by atoms with Gasteiger partial charge < -0.3 is 25.4 Å². The number of ether oxygens (including phenoxy) is 1. The number of carbonyl (C=O) groups is 2. The van der Waals surface area contributed by atoms with Crippen molar-refractivity contribution in [1.29, 1.82) is 0 Å².